The Kier molecular flexibility index (Phi) is 3.33. The lowest BCUT2D eigenvalue weighted by Crippen LogP contribution is -2.09. The molecule has 2 rings (SSSR count). The summed E-state index contributed by atoms with van der Waals surface area (Å²) >= 11 is 0. The standard InChI is InChI=1S/C12H6F3N3O/c13-12(14,15)10-4-3-8(6-16)11(18-10)19-9-2-1-5-17-7-9/h1-5,7H. The van der Waals surface area contributed by atoms with Crippen LogP contribution in [0.25, 0.3) is 0 Å². The number of halogens is 3. The van der Waals surface area contributed by atoms with Crippen molar-refractivity contribution in [2.45, 2.75) is 6.18 Å². The lowest BCUT2D eigenvalue weighted by Gasteiger charge is -2.09. The predicted octanol–water partition coefficient (Wildman–Crippen LogP) is 3.16. The third-order valence-corrected chi connectivity index (χ3v) is 2.12. The summed E-state index contributed by atoms with van der Waals surface area (Å²) in [5.74, 6) is -0.198. The molecule has 0 saturated carbocycles. The van der Waals surface area contributed by atoms with Gasteiger partial charge in [0.2, 0.25) is 5.88 Å². The van der Waals surface area contributed by atoms with E-state index in [1.165, 1.54) is 18.5 Å². The molecule has 0 aliphatic carbocycles. The maximum absolute atomic E-state index is 12.5. The summed E-state index contributed by atoms with van der Waals surface area (Å²) in [4.78, 5) is 7.06. The van der Waals surface area contributed by atoms with E-state index in [1.54, 1.807) is 12.1 Å². The summed E-state index contributed by atoms with van der Waals surface area (Å²) in [6, 6.07) is 6.51. The Labute approximate surface area is 106 Å². The third kappa shape index (κ3) is 2.98. The van der Waals surface area contributed by atoms with Gasteiger partial charge in [-0.2, -0.15) is 18.4 Å². The van der Waals surface area contributed by atoms with Gasteiger partial charge in [0.05, 0.1) is 6.20 Å². The van der Waals surface area contributed by atoms with Gasteiger partial charge in [0.1, 0.15) is 23.1 Å². The highest BCUT2D eigenvalue weighted by atomic mass is 19.4. The molecule has 0 atom stereocenters. The van der Waals surface area contributed by atoms with Crippen LogP contribution in [0.5, 0.6) is 11.6 Å². The highest BCUT2D eigenvalue weighted by Gasteiger charge is 2.33. The Morgan fingerprint density at radius 3 is 2.58 bits per heavy atom. The van der Waals surface area contributed by atoms with Gasteiger partial charge < -0.3 is 4.74 Å². The largest absolute Gasteiger partial charge is 0.436 e. The number of ether oxygens (including phenoxy) is 1. The van der Waals surface area contributed by atoms with E-state index in [4.69, 9.17) is 10.00 Å². The maximum atomic E-state index is 12.5. The lowest BCUT2D eigenvalue weighted by atomic mass is 10.2. The number of nitriles is 1. The molecule has 0 radical (unpaired) electrons. The van der Waals surface area contributed by atoms with Gasteiger partial charge in [0, 0.05) is 6.20 Å². The molecule has 2 aromatic heterocycles. The zero-order chi connectivity index (χ0) is 13.9. The predicted molar refractivity (Wildman–Crippen MR) is 58.3 cm³/mol. The minimum absolute atomic E-state index is 0.0862. The lowest BCUT2D eigenvalue weighted by molar-refractivity contribution is -0.141. The Balaban J connectivity index is 2.41. The second-order valence-corrected chi connectivity index (χ2v) is 3.45. The van der Waals surface area contributed by atoms with E-state index in [0.717, 1.165) is 12.1 Å². The summed E-state index contributed by atoms with van der Waals surface area (Å²) in [5.41, 5.74) is -1.21. The molecule has 0 aliphatic heterocycles. The fraction of sp³-hybridized carbons (Fsp3) is 0.0833. The zero-order valence-corrected chi connectivity index (χ0v) is 9.35. The number of nitrogens with zero attached hydrogens (tertiary/aromatic N) is 3. The van der Waals surface area contributed by atoms with E-state index in [0.29, 0.717) is 0 Å². The highest BCUT2D eigenvalue weighted by Crippen LogP contribution is 2.31. The Bertz CT molecular complexity index is 620. The van der Waals surface area contributed by atoms with Gasteiger partial charge in [0.25, 0.3) is 0 Å². The Morgan fingerprint density at radius 2 is 2.00 bits per heavy atom. The van der Waals surface area contributed by atoms with Crippen LogP contribution in [0, 0.1) is 11.3 Å². The van der Waals surface area contributed by atoms with Gasteiger partial charge in [-0.05, 0) is 24.3 Å². The maximum Gasteiger partial charge on any atom is 0.433 e. The van der Waals surface area contributed by atoms with E-state index >= 15 is 0 Å². The van der Waals surface area contributed by atoms with Crippen molar-refractivity contribution in [3.8, 4) is 17.7 Å². The molecule has 0 aliphatic rings. The first-order valence-corrected chi connectivity index (χ1v) is 5.07. The normalized spacial score (nSPS) is 10.8. The minimum atomic E-state index is -4.60. The van der Waals surface area contributed by atoms with Crippen molar-refractivity contribution in [1.82, 2.24) is 9.97 Å². The minimum Gasteiger partial charge on any atom is -0.436 e. The first-order valence-electron chi connectivity index (χ1n) is 5.07. The van der Waals surface area contributed by atoms with Crippen LogP contribution in [0.1, 0.15) is 11.3 Å². The van der Waals surface area contributed by atoms with E-state index < -0.39 is 17.8 Å². The molecular formula is C12H6F3N3O. The van der Waals surface area contributed by atoms with E-state index in [9.17, 15) is 13.2 Å². The monoisotopic (exact) mass is 265 g/mol. The van der Waals surface area contributed by atoms with Crippen LogP contribution in [0.3, 0.4) is 0 Å². The van der Waals surface area contributed by atoms with E-state index in [-0.39, 0.29) is 11.3 Å². The third-order valence-electron chi connectivity index (χ3n) is 2.12. The molecule has 0 bridgehead atoms. The summed E-state index contributed by atoms with van der Waals surface area (Å²) in [7, 11) is 0. The van der Waals surface area contributed by atoms with Crippen molar-refractivity contribution < 1.29 is 17.9 Å². The van der Waals surface area contributed by atoms with Crippen molar-refractivity contribution in [3.63, 3.8) is 0 Å². The van der Waals surface area contributed by atoms with Crippen LogP contribution in [-0.4, -0.2) is 9.97 Å². The Hall–Kier alpha value is -2.62. The molecule has 7 heteroatoms. The number of rotatable bonds is 2. The molecule has 0 amide bonds. The van der Waals surface area contributed by atoms with Gasteiger partial charge in [-0.25, -0.2) is 4.98 Å². The summed E-state index contributed by atoms with van der Waals surface area (Å²) in [6.07, 6.45) is -1.80. The van der Waals surface area contributed by atoms with Crippen molar-refractivity contribution in [2.75, 3.05) is 0 Å². The van der Waals surface area contributed by atoms with Crippen molar-refractivity contribution in [1.29, 1.82) is 5.26 Å². The van der Waals surface area contributed by atoms with Gasteiger partial charge in [-0.1, -0.05) is 0 Å². The fourth-order valence-corrected chi connectivity index (χ4v) is 1.28. The molecule has 0 aromatic carbocycles. The summed E-state index contributed by atoms with van der Waals surface area (Å²) in [6.45, 7) is 0. The average Bonchev–Trinajstić information content (AvgIpc) is 2.39. The van der Waals surface area contributed by atoms with Crippen LogP contribution in [0.2, 0.25) is 0 Å². The second kappa shape index (κ2) is 4.94. The van der Waals surface area contributed by atoms with E-state index in [2.05, 4.69) is 9.97 Å². The first-order chi connectivity index (χ1) is 9.00. The molecule has 96 valence electrons. The quantitative estimate of drug-likeness (QED) is 0.836. The first kappa shape index (κ1) is 12.8. The molecule has 4 nitrogen and oxygen atoms in total. The molecule has 0 fully saturated rings. The van der Waals surface area contributed by atoms with Crippen LogP contribution < -0.4 is 4.74 Å². The number of aromatic nitrogens is 2. The van der Waals surface area contributed by atoms with Crippen LogP contribution in [0.4, 0.5) is 13.2 Å². The van der Waals surface area contributed by atoms with E-state index in [1.807, 2.05) is 0 Å². The summed E-state index contributed by atoms with van der Waals surface area (Å²) in [5, 5.41) is 8.82. The summed E-state index contributed by atoms with van der Waals surface area (Å²) < 4.78 is 42.7. The van der Waals surface area contributed by atoms with Crippen molar-refractivity contribution in [3.05, 3.63) is 47.9 Å². The number of hydrogen-bond donors (Lipinski definition) is 0. The smallest absolute Gasteiger partial charge is 0.433 e. The molecule has 19 heavy (non-hydrogen) atoms. The van der Waals surface area contributed by atoms with Gasteiger partial charge in [-0.15, -0.1) is 0 Å². The molecule has 2 aromatic rings. The van der Waals surface area contributed by atoms with Crippen LogP contribution in [-0.2, 0) is 6.18 Å². The SMILES string of the molecule is N#Cc1ccc(C(F)(F)F)nc1Oc1cccnc1. The number of hydrogen-bond acceptors (Lipinski definition) is 4. The zero-order valence-electron chi connectivity index (χ0n) is 9.35. The Morgan fingerprint density at radius 1 is 1.21 bits per heavy atom. The molecule has 0 N–H and O–H groups in total. The van der Waals surface area contributed by atoms with Gasteiger partial charge in [-0.3, -0.25) is 4.98 Å². The van der Waals surface area contributed by atoms with Crippen molar-refractivity contribution in [2.24, 2.45) is 0 Å². The van der Waals surface area contributed by atoms with Crippen LogP contribution in [0.15, 0.2) is 36.7 Å². The molecule has 0 unspecified atom stereocenters. The van der Waals surface area contributed by atoms with Crippen molar-refractivity contribution >= 4 is 0 Å². The molecule has 0 spiro atoms. The topological polar surface area (TPSA) is 58.8 Å². The fourth-order valence-electron chi connectivity index (χ4n) is 1.28. The molecular weight excluding hydrogens is 259 g/mol. The van der Waals surface area contributed by atoms with Gasteiger partial charge in [0.15, 0.2) is 0 Å². The molecule has 2 heterocycles. The highest BCUT2D eigenvalue weighted by molar-refractivity contribution is 5.41. The van der Waals surface area contributed by atoms with Gasteiger partial charge >= 0.3 is 6.18 Å². The average molecular weight is 265 g/mol. The molecule has 0 saturated heterocycles. The number of alkyl halides is 3. The second-order valence-electron chi connectivity index (χ2n) is 3.45. The number of pyridine rings is 2. The van der Waals surface area contributed by atoms with Crippen LogP contribution >= 0.6 is 0 Å².